The lowest BCUT2D eigenvalue weighted by molar-refractivity contribution is -0.137. The zero-order valence-corrected chi connectivity index (χ0v) is 15.2. The first-order chi connectivity index (χ1) is 9.20. The Kier molecular flexibility index (Phi) is 5.01. The van der Waals surface area contributed by atoms with Gasteiger partial charge in [-0.1, -0.05) is 15.9 Å². The quantitative estimate of drug-likeness (QED) is 0.537. The maximum atomic E-state index is 12.8. The van der Waals surface area contributed by atoms with Crippen LogP contribution in [0.25, 0.3) is 0 Å². The van der Waals surface area contributed by atoms with E-state index in [9.17, 15) is 13.2 Å². The zero-order chi connectivity index (χ0) is 15.1. The maximum absolute atomic E-state index is 12.8. The van der Waals surface area contributed by atoms with Gasteiger partial charge in [0.25, 0.3) is 0 Å². The van der Waals surface area contributed by atoms with Crippen LogP contribution < -0.4 is 5.73 Å². The van der Waals surface area contributed by atoms with Crippen LogP contribution in [0.3, 0.4) is 0 Å². The molecule has 0 bridgehead atoms. The number of alkyl halides is 3. The molecule has 0 saturated heterocycles. The Bertz CT molecular complexity index is 620. The lowest BCUT2D eigenvalue weighted by Crippen LogP contribution is -2.13. The highest BCUT2D eigenvalue weighted by molar-refractivity contribution is 9.13. The lowest BCUT2D eigenvalue weighted by atomic mass is 10.0. The van der Waals surface area contributed by atoms with Crippen LogP contribution in [0.2, 0.25) is 0 Å². The summed E-state index contributed by atoms with van der Waals surface area (Å²) in [5.74, 6) is 0. The second-order valence-electron chi connectivity index (χ2n) is 3.98. The van der Waals surface area contributed by atoms with E-state index in [1.807, 2.05) is 0 Å². The second kappa shape index (κ2) is 6.08. The fourth-order valence-electron chi connectivity index (χ4n) is 1.63. The van der Waals surface area contributed by atoms with Gasteiger partial charge >= 0.3 is 6.18 Å². The summed E-state index contributed by atoms with van der Waals surface area (Å²) in [4.78, 5) is 0.767. The van der Waals surface area contributed by atoms with Crippen LogP contribution in [0.5, 0.6) is 0 Å². The number of thiophene rings is 1. The summed E-state index contributed by atoms with van der Waals surface area (Å²) < 4.78 is 40.5. The van der Waals surface area contributed by atoms with Gasteiger partial charge in [0.1, 0.15) is 0 Å². The first-order valence-electron chi connectivity index (χ1n) is 5.27. The number of halogens is 6. The fraction of sp³-hybridized carbons (Fsp3) is 0.167. The van der Waals surface area contributed by atoms with Crippen LogP contribution in [0.1, 0.15) is 22.0 Å². The Labute approximate surface area is 142 Å². The third-order valence-electron chi connectivity index (χ3n) is 2.63. The van der Waals surface area contributed by atoms with Gasteiger partial charge in [-0.3, -0.25) is 0 Å². The van der Waals surface area contributed by atoms with E-state index in [0.29, 0.717) is 10.0 Å². The van der Waals surface area contributed by atoms with Crippen molar-refractivity contribution in [3.63, 3.8) is 0 Å². The van der Waals surface area contributed by atoms with E-state index in [1.165, 1.54) is 17.4 Å². The third kappa shape index (κ3) is 3.47. The smallest absolute Gasteiger partial charge is 0.320 e. The molecule has 8 heteroatoms. The van der Waals surface area contributed by atoms with Gasteiger partial charge in [0.05, 0.1) is 15.4 Å². The molecule has 0 aliphatic carbocycles. The standard InChI is InChI=1S/C12H7Br3F3NS/c13-7-2-1-5(12(16,17)18)3-6(7)10(19)9-4-8(14)11(15)20-9/h1-4,10H,19H2. The summed E-state index contributed by atoms with van der Waals surface area (Å²) in [6.07, 6.45) is -4.38. The summed E-state index contributed by atoms with van der Waals surface area (Å²) in [6.45, 7) is 0. The molecule has 2 rings (SSSR count). The molecule has 0 fully saturated rings. The van der Waals surface area contributed by atoms with Crippen molar-refractivity contribution in [1.82, 2.24) is 0 Å². The van der Waals surface area contributed by atoms with Crippen LogP contribution in [0, 0.1) is 0 Å². The lowest BCUT2D eigenvalue weighted by Gasteiger charge is -2.15. The highest BCUT2D eigenvalue weighted by Crippen LogP contribution is 2.40. The van der Waals surface area contributed by atoms with Gasteiger partial charge in [0, 0.05) is 13.8 Å². The van der Waals surface area contributed by atoms with Gasteiger partial charge in [0.15, 0.2) is 0 Å². The topological polar surface area (TPSA) is 26.0 Å². The maximum Gasteiger partial charge on any atom is 0.416 e. The predicted molar refractivity (Wildman–Crippen MR) is 84.9 cm³/mol. The molecule has 0 spiro atoms. The van der Waals surface area contributed by atoms with E-state index >= 15 is 0 Å². The molecule has 0 saturated carbocycles. The van der Waals surface area contributed by atoms with Gasteiger partial charge in [-0.2, -0.15) is 13.2 Å². The van der Waals surface area contributed by atoms with Crippen LogP contribution in [-0.2, 0) is 6.18 Å². The molecule has 1 aromatic carbocycles. The fourth-order valence-corrected chi connectivity index (χ4v) is 4.23. The molecule has 2 N–H and O–H groups in total. The van der Waals surface area contributed by atoms with Crippen molar-refractivity contribution in [1.29, 1.82) is 0 Å². The Balaban J connectivity index is 2.46. The van der Waals surface area contributed by atoms with Crippen molar-refractivity contribution in [2.45, 2.75) is 12.2 Å². The molecule has 108 valence electrons. The Morgan fingerprint density at radius 3 is 2.20 bits per heavy atom. The molecule has 1 unspecified atom stereocenters. The molecular formula is C12H7Br3F3NS. The highest BCUT2D eigenvalue weighted by atomic mass is 79.9. The minimum atomic E-state index is -4.38. The molecule has 1 aromatic heterocycles. The zero-order valence-electron chi connectivity index (χ0n) is 9.64. The Morgan fingerprint density at radius 1 is 1.05 bits per heavy atom. The molecular weight excluding hydrogens is 487 g/mol. The number of hydrogen-bond acceptors (Lipinski definition) is 2. The summed E-state index contributed by atoms with van der Waals surface area (Å²) in [7, 11) is 0. The molecule has 1 atom stereocenters. The van der Waals surface area contributed by atoms with Crippen LogP contribution >= 0.6 is 59.1 Å². The first-order valence-corrected chi connectivity index (χ1v) is 8.46. The Hall–Kier alpha value is 0.110. The average Bonchev–Trinajstić information content (AvgIpc) is 2.68. The van der Waals surface area contributed by atoms with Gasteiger partial charge in [0.2, 0.25) is 0 Å². The van der Waals surface area contributed by atoms with Crippen LogP contribution in [0.15, 0.2) is 37.0 Å². The summed E-state index contributed by atoms with van der Waals surface area (Å²) in [6, 6.07) is 4.65. The molecule has 20 heavy (non-hydrogen) atoms. The molecule has 0 aliphatic heterocycles. The number of rotatable bonds is 2. The monoisotopic (exact) mass is 491 g/mol. The van der Waals surface area contributed by atoms with Crippen LogP contribution in [0.4, 0.5) is 13.2 Å². The normalized spacial score (nSPS) is 13.6. The SMILES string of the molecule is NC(c1cc(Br)c(Br)s1)c1cc(C(F)(F)F)ccc1Br. The Morgan fingerprint density at radius 2 is 1.70 bits per heavy atom. The minimum absolute atomic E-state index is 0.404. The molecule has 1 heterocycles. The molecule has 0 radical (unpaired) electrons. The number of benzene rings is 1. The van der Waals surface area contributed by atoms with Gasteiger partial charge in [-0.05, 0) is 61.7 Å². The van der Waals surface area contributed by atoms with Crippen molar-refractivity contribution in [2.75, 3.05) is 0 Å². The second-order valence-corrected chi connectivity index (χ2v) is 8.09. The van der Waals surface area contributed by atoms with Crippen molar-refractivity contribution in [3.05, 3.63) is 53.0 Å². The predicted octanol–water partition coefficient (Wildman–Crippen LogP) is 6.10. The van der Waals surface area contributed by atoms with E-state index in [2.05, 4.69) is 47.8 Å². The summed E-state index contributed by atoms with van der Waals surface area (Å²) in [5, 5.41) is 0. The van der Waals surface area contributed by atoms with Crippen LogP contribution in [-0.4, -0.2) is 0 Å². The number of hydrogen-bond donors (Lipinski definition) is 1. The van der Waals surface area contributed by atoms with E-state index in [-0.39, 0.29) is 0 Å². The van der Waals surface area contributed by atoms with Gasteiger partial charge < -0.3 is 5.73 Å². The van der Waals surface area contributed by atoms with Crippen molar-refractivity contribution < 1.29 is 13.2 Å². The van der Waals surface area contributed by atoms with E-state index in [4.69, 9.17) is 5.73 Å². The molecule has 1 nitrogen and oxygen atoms in total. The van der Waals surface area contributed by atoms with Gasteiger partial charge in [-0.25, -0.2) is 0 Å². The van der Waals surface area contributed by atoms with E-state index in [1.54, 1.807) is 6.07 Å². The molecule has 2 aromatic rings. The molecule has 0 aliphatic rings. The van der Waals surface area contributed by atoms with Crippen molar-refractivity contribution >= 4 is 59.1 Å². The average molecular weight is 494 g/mol. The highest BCUT2D eigenvalue weighted by Gasteiger charge is 2.31. The largest absolute Gasteiger partial charge is 0.416 e. The van der Waals surface area contributed by atoms with E-state index < -0.39 is 17.8 Å². The summed E-state index contributed by atoms with van der Waals surface area (Å²) >= 11 is 11.3. The van der Waals surface area contributed by atoms with E-state index in [0.717, 1.165) is 25.3 Å². The van der Waals surface area contributed by atoms with Crippen molar-refractivity contribution in [3.8, 4) is 0 Å². The summed E-state index contributed by atoms with van der Waals surface area (Å²) in [5.41, 5.74) is 5.78. The van der Waals surface area contributed by atoms with Crippen molar-refractivity contribution in [2.24, 2.45) is 5.73 Å². The minimum Gasteiger partial charge on any atom is -0.320 e. The third-order valence-corrected chi connectivity index (χ3v) is 6.69. The first kappa shape index (κ1) is 16.5. The molecule has 0 amide bonds. The van der Waals surface area contributed by atoms with Gasteiger partial charge in [-0.15, -0.1) is 11.3 Å². The number of nitrogens with two attached hydrogens (primary N) is 1.